The first kappa shape index (κ1) is 16.0. The van der Waals surface area contributed by atoms with Crippen molar-refractivity contribution in [2.75, 3.05) is 26.2 Å². The zero-order chi connectivity index (χ0) is 15.1. The van der Waals surface area contributed by atoms with Crippen LogP contribution in [-0.2, 0) is 11.3 Å². The molecule has 0 saturated carbocycles. The largest absolute Gasteiger partial charge is 0.393 e. The van der Waals surface area contributed by atoms with Gasteiger partial charge >= 0.3 is 0 Å². The number of aryl methyl sites for hydroxylation is 2. The van der Waals surface area contributed by atoms with Crippen molar-refractivity contribution in [3.8, 4) is 0 Å². The Morgan fingerprint density at radius 3 is 2.86 bits per heavy atom. The van der Waals surface area contributed by atoms with E-state index in [1.165, 1.54) is 0 Å². The van der Waals surface area contributed by atoms with Crippen LogP contribution >= 0.6 is 0 Å². The molecule has 1 aromatic rings. The van der Waals surface area contributed by atoms with Crippen LogP contribution in [0.3, 0.4) is 0 Å². The SMILES string of the molecule is Cc1cnn(CCC(=O)NCCCN2CCC(O)CC2)c1. The average molecular weight is 294 g/mol. The first-order valence-corrected chi connectivity index (χ1v) is 7.79. The van der Waals surface area contributed by atoms with Crippen LogP contribution in [0.2, 0.25) is 0 Å². The van der Waals surface area contributed by atoms with Gasteiger partial charge in [0.25, 0.3) is 0 Å². The second-order valence-corrected chi connectivity index (χ2v) is 5.81. The Kier molecular flexibility index (Phi) is 6.20. The van der Waals surface area contributed by atoms with Crippen molar-refractivity contribution in [2.24, 2.45) is 0 Å². The molecule has 2 rings (SSSR count). The van der Waals surface area contributed by atoms with Crippen molar-refractivity contribution >= 4 is 5.91 Å². The van der Waals surface area contributed by atoms with Gasteiger partial charge in [-0.1, -0.05) is 0 Å². The highest BCUT2D eigenvalue weighted by molar-refractivity contribution is 5.75. The fraction of sp³-hybridized carbons (Fsp3) is 0.733. The molecule has 1 aliphatic rings. The second-order valence-electron chi connectivity index (χ2n) is 5.81. The van der Waals surface area contributed by atoms with Crippen LogP contribution in [0, 0.1) is 6.92 Å². The van der Waals surface area contributed by atoms with Crippen LogP contribution < -0.4 is 5.32 Å². The van der Waals surface area contributed by atoms with Gasteiger partial charge in [0.1, 0.15) is 0 Å². The Labute approximate surface area is 126 Å². The molecule has 0 radical (unpaired) electrons. The van der Waals surface area contributed by atoms with Gasteiger partial charge in [-0.2, -0.15) is 5.10 Å². The second kappa shape index (κ2) is 8.14. The van der Waals surface area contributed by atoms with Crippen LogP contribution in [0.25, 0.3) is 0 Å². The number of nitrogens with zero attached hydrogens (tertiary/aromatic N) is 3. The lowest BCUT2D eigenvalue weighted by molar-refractivity contribution is -0.121. The van der Waals surface area contributed by atoms with Crippen molar-refractivity contribution in [3.05, 3.63) is 18.0 Å². The maximum absolute atomic E-state index is 11.7. The molecule has 1 saturated heterocycles. The molecule has 0 unspecified atom stereocenters. The van der Waals surface area contributed by atoms with Gasteiger partial charge in [-0.3, -0.25) is 9.48 Å². The molecule has 2 heterocycles. The number of piperidine rings is 1. The summed E-state index contributed by atoms with van der Waals surface area (Å²) < 4.78 is 1.80. The van der Waals surface area contributed by atoms with Crippen LogP contribution in [0.5, 0.6) is 0 Å². The third-order valence-electron chi connectivity index (χ3n) is 3.86. The monoisotopic (exact) mass is 294 g/mol. The summed E-state index contributed by atoms with van der Waals surface area (Å²) in [6.45, 7) is 6.26. The van der Waals surface area contributed by atoms with Crippen LogP contribution in [-0.4, -0.2) is 58.0 Å². The minimum Gasteiger partial charge on any atom is -0.393 e. The van der Waals surface area contributed by atoms with E-state index in [0.717, 1.165) is 51.0 Å². The van der Waals surface area contributed by atoms with E-state index in [-0.39, 0.29) is 12.0 Å². The van der Waals surface area contributed by atoms with Crippen LogP contribution in [0.1, 0.15) is 31.2 Å². The Hall–Kier alpha value is -1.40. The number of nitrogens with one attached hydrogen (secondary N) is 1. The maximum Gasteiger partial charge on any atom is 0.221 e. The van der Waals surface area contributed by atoms with Crippen molar-refractivity contribution in [1.82, 2.24) is 20.0 Å². The van der Waals surface area contributed by atoms with Crippen molar-refractivity contribution in [1.29, 1.82) is 0 Å². The minimum atomic E-state index is -0.119. The van der Waals surface area contributed by atoms with E-state index in [1.54, 1.807) is 10.9 Å². The fourth-order valence-electron chi connectivity index (χ4n) is 2.57. The smallest absolute Gasteiger partial charge is 0.221 e. The molecule has 0 spiro atoms. The zero-order valence-electron chi connectivity index (χ0n) is 12.8. The van der Waals surface area contributed by atoms with E-state index in [9.17, 15) is 9.90 Å². The third kappa shape index (κ3) is 5.85. The fourth-order valence-corrected chi connectivity index (χ4v) is 2.57. The molecule has 0 aliphatic carbocycles. The molecule has 6 nitrogen and oxygen atoms in total. The summed E-state index contributed by atoms with van der Waals surface area (Å²) in [6, 6.07) is 0. The number of amides is 1. The van der Waals surface area contributed by atoms with Crippen molar-refractivity contribution in [3.63, 3.8) is 0 Å². The van der Waals surface area contributed by atoms with Crippen molar-refractivity contribution < 1.29 is 9.90 Å². The lowest BCUT2D eigenvalue weighted by atomic mass is 10.1. The van der Waals surface area contributed by atoms with E-state index in [1.807, 2.05) is 13.1 Å². The van der Waals surface area contributed by atoms with E-state index < -0.39 is 0 Å². The maximum atomic E-state index is 11.7. The Bertz CT molecular complexity index is 439. The molecular formula is C15H26N4O2. The number of hydrogen-bond acceptors (Lipinski definition) is 4. The summed E-state index contributed by atoms with van der Waals surface area (Å²) in [4.78, 5) is 14.1. The first-order chi connectivity index (χ1) is 10.1. The predicted molar refractivity (Wildman–Crippen MR) is 80.9 cm³/mol. The quantitative estimate of drug-likeness (QED) is 0.720. The molecule has 0 atom stereocenters. The van der Waals surface area contributed by atoms with Gasteiger partial charge in [0, 0.05) is 38.8 Å². The normalized spacial score (nSPS) is 17.0. The van der Waals surface area contributed by atoms with E-state index in [4.69, 9.17) is 0 Å². The molecule has 0 aromatic carbocycles. The molecule has 6 heteroatoms. The molecule has 118 valence electrons. The number of aromatic nitrogens is 2. The Morgan fingerprint density at radius 2 is 2.19 bits per heavy atom. The highest BCUT2D eigenvalue weighted by Crippen LogP contribution is 2.09. The number of hydrogen-bond donors (Lipinski definition) is 2. The number of aliphatic hydroxyl groups is 1. The van der Waals surface area contributed by atoms with Gasteiger partial charge < -0.3 is 15.3 Å². The summed E-state index contributed by atoms with van der Waals surface area (Å²) in [7, 11) is 0. The summed E-state index contributed by atoms with van der Waals surface area (Å²) in [6.07, 6.45) is 6.79. The van der Waals surface area contributed by atoms with Gasteiger partial charge in [0.2, 0.25) is 5.91 Å². The topological polar surface area (TPSA) is 70.4 Å². The molecule has 1 amide bonds. The number of carbonyl (C=O) groups excluding carboxylic acids is 1. The van der Waals surface area contributed by atoms with Gasteiger partial charge in [-0.15, -0.1) is 0 Å². The summed E-state index contributed by atoms with van der Waals surface area (Å²) in [5, 5.41) is 16.5. The van der Waals surface area contributed by atoms with Gasteiger partial charge in [-0.05, 0) is 38.3 Å². The van der Waals surface area contributed by atoms with Gasteiger partial charge in [0.05, 0.1) is 12.3 Å². The Morgan fingerprint density at radius 1 is 1.43 bits per heavy atom. The zero-order valence-corrected chi connectivity index (χ0v) is 12.8. The lowest BCUT2D eigenvalue weighted by Crippen LogP contribution is -2.37. The predicted octanol–water partition coefficient (Wildman–Crippen LogP) is 0.545. The summed E-state index contributed by atoms with van der Waals surface area (Å²) in [5.74, 6) is 0.0808. The lowest BCUT2D eigenvalue weighted by Gasteiger charge is -2.29. The number of aliphatic hydroxyl groups excluding tert-OH is 1. The number of carbonyl (C=O) groups is 1. The molecule has 21 heavy (non-hydrogen) atoms. The van der Waals surface area contributed by atoms with Crippen LogP contribution in [0.4, 0.5) is 0 Å². The summed E-state index contributed by atoms with van der Waals surface area (Å²) in [5.41, 5.74) is 1.11. The highest BCUT2D eigenvalue weighted by atomic mass is 16.3. The van der Waals surface area contributed by atoms with Gasteiger partial charge in [-0.25, -0.2) is 0 Å². The molecule has 1 fully saturated rings. The van der Waals surface area contributed by atoms with E-state index in [0.29, 0.717) is 13.0 Å². The van der Waals surface area contributed by atoms with Crippen molar-refractivity contribution in [2.45, 2.75) is 45.3 Å². The molecule has 2 N–H and O–H groups in total. The van der Waals surface area contributed by atoms with E-state index >= 15 is 0 Å². The number of rotatable bonds is 7. The van der Waals surface area contributed by atoms with E-state index in [2.05, 4.69) is 15.3 Å². The highest BCUT2D eigenvalue weighted by Gasteiger charge is 2.16. The average Bonchev–Trinajstić information content (AvgIpc) is 2.89. The van der Waals surface area contributed by atoms with Gasteiger partial charge in [0.15, 0.2) is 0 Å². The standard InChI is InChI=1S/C15H26N4O2/c1-13-11-17-19(12-13)10-5-15(21)16-6-2-7-18-8-3-14(20)4-9-18/h11-12,14,20H,2-10H2,1H3,(H,16,21). The molecule has 1 aliphatic heterocycles. The molecular weight excluding hydrogens is 268 g/mol. The molecule has 1 aromatic heterocycles. The number of likely N-dealkylation sites (tertiary alicyclic amines) is 1. The third-order valence-corrected chi connectivity index (χ3v) is 3.86. The first-order valence-electron chi connectivity index (χ1n) is 7.79. The van der Waals surface area contributed by atoms with Crippen LogP contribution in [0.15, 0.2) is 12.4 Å². The molecule has 0 bridgehead atoms. The Balaban J connectivity index is 1.51. The minimum absolute atomic E-state index is 0.0808. The summed E-state index contributed by atoms with van der Waals surface area (Å²) >= 11 is 0.